The summed E-state index contributed by atoms with van der Waals surface area (Å²) < 4.78 is 5.22. The highest BCUT2D eigenvalue weighted by atomic mass is 35.5. The smallest absolute Gasteiger partial charge is 0.300 e. The van der Waals surface area contributed by atoms with Crippen LogP contribution in [0.3, 0.4) is 0 Å². The molecule has 1 amide bonds. The van der Waals surface area contributed by atoms with E-state index in [0.29, 0.717) is 33.3 Å². The zero-order chi connectivity index (χ0) is 22.1. The van der Waals surface area contributed by atoms with Crippen LogP contribution in [0.5, 0.6) is 5.75 Å². The first-order valence-electron chi connectivity index (χ1n) is 9.55. The van der Waals surface area contributed by atoms with Crippen molar-refractivity contribution in [3.8, 4) is 5.75 Å². The molecule has 0 saturated carbocycles. The molecule has 1 unspecified atom stereocenters. The third-order valence-electron chi connectivity index (χ3n) is 5.21. The highest BCUT2D eigenvalue weighted by molar-refractivity contribution is 6.51. The van der Waals surface area contributed by atoms with Gasteiger partial charge in [0.15, 0.2) is 0 Å². The average molecular weight is 435 g/mol. The third kappa shape index (κ3) is 3.66. The molecule has 0 bridgehead atoms. The number of carbonyl (C=O) groups is 2. The molecule has 7 heteroatoms. The first-order chi connectivity index (χ1) is 14.9. The Balaban J connectivity index is 1.93. The Morgan fingerprint density at radius 1 is 1.10 bits per heavy atom. The van der Waals surface area contributed by atoms with E-state index in [-0.39, 0.29) is 11.3 Å². The molecule has 1 atom stereocenters. The number of amides is 1. The lowest BCUT2D eigenvalue weighted by Crippen LogP contribution is -2.29. The minimum Gasteiger partial charge on any atom is -0.507 e. The van der Waals surface area contributed by atoms with Gasteiger partial charge in [0.25, 0.3) is 11.7 Å². The Morgan fingerprint density at radius 2 is 1.84 bits per heavy atom. The van der Waals surface area contributed by atoms with Gasteiger partial charge in [0.2, 0.25) is 0 Å². The normalized spacial score (nSPS) is 17.8. The van der Waals surface area contributed by atoms with Crippen molar-refractivity contribution in [2.24, 2.45) is 0 Å². The number of pyridine rings is 1. The molecule has 0 aliphatic carbocycles. The van der Waals surface area contributed by atoms with Crippen LogP contribution in [0.1, 0.15) is 22.9 Å². The van der Waals surface area contributed by atoms with E-state index in [2.05, 4.69) is 4.98 Å². The summed E-state index contributed by atoms with van der Waals surface area (Å²) >= 11 is 6.00. The van der Waals surface area contributed by atoms with Gasteiger partial charge >= 0.3 is 0 Å². The van der Waals surface area contributed by atoms with Crippen LogP contribution in [0.4, 0.5) is 5.69 Å². The summed E-state index contributed by atoms with van der Waals surface area (Å²) in [6.45, 7) is 1.79. The topological polar surface area (TPSA) is 79.7 Å². The fourth-order valence-corrected chi connectivity index (χ4v) is 3.82. The van der Waals surface area contributed by atoms with Crippen molar-refractivity contribution in [2.75, 3.05) is 12.0 Å². The second kappa shape index (κ2) is 8.24. The van der Waals surface area contributed by atoms with E-state index in [1.807, 2.05) is 0 Å². The van der Waals surface area contributed by atoms with Gasteiger partial charge in [0.1, 0.15) is 17.6 Å². The molecule has 2 heterocycles. The Labute approximate surface area is 184 Å². The summed E-state index contributed by atoms with van der Waals surface area (Å²) in [4.78, 5) is 31.9. The molecule has 1 fully saturated rings. The number of methoxy groups -OCH3 is 1. The van der Waals surface area contributed by atoms with Crippen LogP contribution in [-0.2, 0) is 9.59 Å². The van der Waals surface area contributed by atoms with Crippen molar-refractivity contribution in [1.82, 2.24) is 4.98 Å². The van der Waals surface area contributed by atoms with Gasteiger partial charge in [-0.2, -0.15) is 0 Å². The Bertz CT molecular complexity index is 1190. The van der Waals surface area contributed by atoms with Gasteiger partial charge in [-0.3, -0.25) is 19.5 Å². The lowest BCUT2D eigenvalue weighted by molar-refractivity contribution is -0.132. The zero-order valence-corrected chi connectivity index (χ0v) is 17.6. The van der Waals surface area contributed by atoms with Gasteiger partial charge in [-0.1, -0.05) is 17.7 Å². The number of benzene rings is 2. The average Bonchev–Trinajstić information content (AvgIpc) is 3.05. The molecule has 6 nitrogen and oxygen atoms in total. The highest BCUT2D eigenvalue weighted by Crippen LogP contribution is 2.42. The number of rotatable bonds is 4. The molecule has 3 aromatic rings. The number of Topliss-reactive ketones (excluding diaryl/α,β-unsaturated/α-hetero) is 1. The first-order valence-corrected chi connectivity index (χ1v) is 9.92. The molecular weight excluding hydrogens is 416 g/mol. The molecule has 1 saturated heterocycles. The molecule has 1 aliphatic rings. The van der Waals surface area contributed by atoms with Gasteiger partial charge in [-0.25, -0.2) is 0 Å². The van der Waals surface area contributed by atoms with Crippen LogP contribution in [-0.4, -0.2) is 28.9 Å². The third-order valence-corrected chi connectivity index (χ3v) is 5.46. The highest BCUT2D eigenvalue weighted by Gasteiger charge is 2.47. The number of aliphatic hydroxyl groups excluding tert-OH is 1. The maximum absolute atomic E-state index is 13.1. The fourth-order valence-electron chi connectivity index (χ4n) is 3.69. The maximum Gasteiger partial charge on any atom is 0.300 e. The molecule has 2 aromatic carbocycles. The second-order valence-corrected chi connectivity index (χ2v) is 7.52. The number of anilines is 1. The van der Waals surface area contributed by atoms with E-state index in [0.717, 1.165) is 0 Å². The van der Waals surface area contributed by atoms with Gasteiger partial charge in [-0.15, -0.1) is 0 Å². The van der Waals surface area contributed by atoms with Crippen molar-refractivity contribution in [2.45, 2.75) is 13.0 Å². The minimum absolute atomic E-state index is 0.0214. The molecule has 0 spiro atoms. The predicted octanol–water partition coefficient (Wildman–Crippen LogP) is 4.68. The van der Waals surface area contributed by atoms with E-state index < -0.39 is 17.7 Å². The first kappa shape index (κ1) is 20.6. The van der Waals surface area contributed by atoms with Gasteiger partial charge in [0.05, 0.1) is 18.4 Å². The molecular formula is C24H19ClN2O4. The number of ether oxygens (including phenoxy) is 1. The van der Waals surface area contributed by atoms with Crippen LogP contribution in [0, 0.1) is 6.92 Å². The van der Waals surface area contributed by atoms with Crippen molar-refractivity contribution < 1.29 is 19.4 Å². The van der Waals surface area contributed by atoms with E-state index in [1.54, 1.807) is 80.9 Å². The fraction of sp³-hybridized carbons (Fsp3) is 0.125. The van der Waals surface area contributed by atoms with Crippen molar-refractivity contribution in [1.29, 1.82) is 0 Å². The van der Waals surface area contributed by atoms with Gasteiger partial charge < -0.3 is 9.84 Å². The molecule has 0 radical (unpaired) electrons. The summed E-state index contributed by atoms with van der Waals surface area (Å²) in [6.07, 6.45) is 1.58. The van der Waals surface area contributed by atoms with Crippen LogP contribution in [0.25, 0.3) is 5.76 Å². The van der Waals surface area contributed by atoms with E-state index >= 15 is 0 Å². The summed E-state index contributed by atoms with van der Waals surface area (Å²) in [6, 6.07) is 16.0. The predicted molar refractivity (Wildman–Crippen MR) is 118 cm³/mol. The molecule has 1 aromatic heterocycles. The number of hydrogen-bond donors (Lipinski definition) is 1. The Hall–Kier alpha value is -3.64. The number of aromatic nitrogens is 1. The van der Waals surface area contributed by atoms with Gasteiger partial charge in [0, 0.05) is 22.5 Å². The zero-order valence-electron chi connectivity index (χ0n) is 16.9. The Morgan fingerprint density at radius 3 is 2.45 bits per heavy atom. The van der Waals surface area contributed by atoms with Crippen LogP contribution < -0.4 is 9.64 Å². The lowest BCUT2D eigenvalue weighted by atomic mass is 9.96. The molecule has 4 rings (SSSR count). The monoisotopic (exact) mass is 434 g/mol. The minimum atomic E-state index is -0.885. The van der Waals surface area contributed by atoms with Crippen molar-refractivity contribution in [3.63, 3.8) is 0 Å². The SMILES string of the molecule is COc1ccc(/C(O)=C2/C(=O)C(=O)N(c3ccc(Cl)cc3)C2c2ccccn2)c(C)c1. The van der Waals surface area contributed by atoms with Crippen molar-refractivity contribution >= 4 is 34.7 Å². The number of hydrogen-bond acceptors (Lipinski definition) is 5. The summed E-state index contributed by atoms with van der Waals surface area (Å²) in [5.41, 5.74) is 2.06. The number of ketones is 1. The summed E-state index contributed by atoms with van der Waals surface area (Å²) in [5.74, 6) is -1.16. The maximum atomic E-state index is 13.1. The second-order valence-electron chi connectivity index (χ2n) is 7.08. The van der Waals surface area contributed by atoms with E-state index in [9.17, 15) is 14.7 Å². The van der Waals surface area contributed by atoms with Crippen molar-refractivity contribution in [3.05, 3.63) is 94.3 Å². The van der Waals surface area contributed by atoms with E-state index in [4.69, 9.17) is 16.3 Å². The largest absolute Gasteiger partial charge is 0.507 e. The van der Waals surface area contributed by atoms with E-state index in [1.165, 1.54) is 4.90 Å². The summed E-state index contributed by atoms with van der Waals surface area (Å²) in [5, 5.41) is 11.7. The van der Waals surface area contributed by atoms with Crippen LogP contribution in [0.15, 0.2) is 72.4 Å². The number of nitrogens with zero attached hydrogens (tertiary/aromatic N) is 2. The molecule has 1 N–H and O–H groups in total. The van der Waals surface area contributed by atoms with Crippen LogP contribution >= 0.6 is 11.6 Å². The number of aliphatic hydroxyl groups is 1. The Kier molecular flexibility index (Phi) is 5.48. The molecule has 1 aliphatic heterocycles. The number of halogens is 1. The quantitative estimate of drug-likeness (QED) is 0.366. The molecule has 31 heavy (non-hydrogen) atoms. The lowest BCUT2D eigenvalue weighted by Gasteiger charge is -2.24. The number of aryl methyl sites for hydroxylation is 1. The van der Waals surface area contributed by atoms with Gasteiger partial charge in [-0.05, 0) is 67.1 Å². The number of carbonyl (C=O) groups excluding carboxylic acids is 2. The summed E-state index contributed by atoms with van der Waals surface area (Å²) in [7, 11) is 1.55. The molecule has 156 valence electrons. The standard InChI is InChI=1S/C24H19ClN2O4/c1-14-13-17(31-2)10-11-18(14)22(28)20-21(19-5-3-4-12-26-19)27(24(30)23(20)29)16-8-6-15(25)7-9-16/h3-13,21,28H,1-2H3/b22-20-. The van der Waals surface area contributed by atoms with Crippen LogP contribution in [0.2, 0.25) is 5.02 Å².